The lowest BCUT2D eigenvalue weighted by molar-refractivity contribution is -0.111. The molecule has 0 aliphatic heterocycles. The number of aryl methyl sites for hydroxylation is 1. The normalized spacial score (nSPS) is 11.2. The SMILES string of the molecule is COc1ccc(-c2cn3cccc(C)c3n2)cc1NC(=O)/C=C/c1ccco1. The number of hydrogen-bond donors (Lipinski definition) is 1. The summed E-state index contributed by atoms with van der Waals surface area (Å²) in [5, 5.41) is 2.85. The second-order valence-electron chi connectivity index (χ2n) is 6.30. The molecule has 6 nitrogen and oxygen atoms in total. The molecule has 0 fully saturated rings. The molecule has 0 spiro atoms. The van der Waals surface area contributed by atoms with Gasteiger partial charge in [-0.05, 0) is 55.0 Å². The summed E-state index contributed by atoms with van der Waals surface area (Å²) in [6, 6.07) is 13.1. The molecule has 0 aliphatic rings. The number of furan rings is 1. The van der Waals surface area contributed by atoms with E-state index in [1.54, 1.807) is 31.6 Å². The monoisotopic (exact) mass is 373 g/mol. The minimum Gasteiger partial charge on any atom is -0.495 e. The van der Waals surface area contributed by atoms with E-state index in [1.807, 2.05) is 54.0 Å². The molecule has 28 heavy (non-hydrogen) atoms. The first-order valence-electron chi connectivity index (χ1n) is 8.79. The number of benzene rings is 1. The van der Waals surface area contributed by atoms with Gasteiger partial charge in [0.2, 0.25) is 5.91 Å². The lowest BCUT2D eigenvalue weighted by Crippen LogP contribution is -2.09. The number of carbonyl (C=O) groups is 1. The molecule has 0 unspecified atom stereocenters. The average molecular weight is 373 g/mol. The van der Waals surface area contributed by atoms with E-state index in [-0.39, 0.29) is 5.91 Å². The number of nitrogens with zero attached hydrogens (tertiary/aromatic N) is 2. The Hall–Kier alpha value is -3.80. The molecule has 0 atom stereocenters. The van der Waals surface area contributed by atoms with Crippen molar-refractivity contribution in [2.75, 3.05) is 12.4 Å². The molecule has 4 aromatic rings. The van der Waals surface area contributed by atoms with Crippen LogP contribution in [0, 0.1) is 6.92 Å². The van der Waals surface area contributed by atoms with Crippen molar-refractivity contribution in [3.05, 3.63) is 78.5 Å². The van der Waals surface area contributed by atoms with Gasteiger partial charge in [-0.25, -0.2) is 4.98 Å². The summed E-state index contributed by atoms with van der Waals surface area (Å²) < 4.78 is 12.6. The summed E-state index contributed by atoms with van der Waals surface area (Å²) >= 11 is 0. The molecule has 0 saturated carbocycles. The number of hydrogen-bond acceptors (Lipinski definition) is 4. The average Bonchev–Trinajstić information content (AvgIpc) is 3.37. The summed E-state index contributed by atoms with van der Waals surface area (Å²) in [4.78, 5) is 17.0. The van der Waals surface area contributed by atoms with Gasteiger partial charge in [0, 0.05) is 24.0 Å². The van der Waals surface area contributed by atoms with Crippen LogP contribution in [0.1, 0.15) is 11.3 Å². The largest absolute Gasteiger partial charge is 0.495 e. The Morgan fingerprint density at radius 1 is 1.25 bits per heavy atom. The summed E-state index contributed by atoms with van der Waals surface area (Å²) in [5.74, 6) is 0.900. The van der Waals surface area contributed by atoms with E-state index < -0.39 is 0 Å². The smallest absolute Gasteiger partial charge is 0.248 e. The Morgan fingerprint density at radius 3 is 2.89 bits per heavy atom. The van der Waals surface area contributed by atoms with Crippen LogP contribution in [0.5, 0.6) is 5.75 Å². The van der Waals surface area contributed by atoms with Crippen LogP contribution in [-0.4, -0.2) is 22.4 Å². The number of amides is 1. The predicted molar refractivity (Wildman–Crippen MR) is 108 cm³/mol. The number of rotatable bonds is 5. The van der Waals surface area contributed by atoms with Crippen LogP contribution in [0.3, 0.4) is 0 Å². The number of ether oxygens (including phenoxy) is 1. The molecule has 6 heteroatoms. The van der Waals surface area contributed by atoms with Gasteiger partial charge in [0.25, 0.3) is 0 Å². The minimum absolute atomic E-state index is 0.280. The van der Waals surface area contributed by atoms with Crippen molar-refractivity contribution in [3.63, 3.8) is 0 Å². The molecule has 1 N–H and O–H groups in total. The van der Waals surface area contributed by atoms with Crippen LogP contribution in [0.25, 0.3) is 23.0 Å². The number of fused-ring (bicyclic) bond motifs is 1. The van der Waals surface area contributed by atoms with Gasteiger partial charge in [0.1, 0.15) is 17.2 Å². The van der Waals surface area contributed by atoms with Crippen LogP contribution < -0.4 is 10.1 Å². The molecule has 0 bridgehead atoms. The van der Waals surface area contributed by atoms with E-state index in [2.05, 4.69) is 5.32 Å². The third kappa shape index (κ3) is 3.53. The number of anilines is 1. The van der Waals surface area contributed by atoms with E-state index in [0.717, 1.165) is 22.5 Å². The molecule has 0 radical (unpaired) electrons. The van der Waals surface area contributed by atoms with Gasteiger partial charge < -0.3 is 18.9 Å². The number of nitrogens with one attached hydrogen (secondary N) is 1. The van der Waals surface area contributed by atoms with E-state index in [4.69, 9.17) is 14.1 Å². The van der Waals surface area contributed by atoms with Crippen molar-refractivity contribution >= 4 is 23.3 Å². The maximum Gasteiger partial charge on any atom is 0.248 e. The zero-order chi connectivity index (χ0) is 19.5. The quantitative estimate of drug-likeness (QED) is 0.521. The van der Waals surface area contributed by atoms with Crippen molar-refractivity contribution in [1.29, 1.82) is 0 Å². The van der Waals surface area contributed by atoms with Crippen LogP contribution >= 0.6 is 0 Å². The lowest BCUT2D eigenvalue weighted by atomic mass is 10.1. The number of methoxy groups -OCH3 is 1. The van der Waals surface area contributed by atoms with Crippen molar-refractivity contribution < 1.29 is 13.9 Å². The summed E-state index contributed by atoms with van der Waals surface area (Å²) in [6.07, 6.45) is 8.51. The third-order valence-corrected chi connectivity index (χ3v) is 4.37. The fraction of sp³-hybridized carbons (Fsp3) is 0.0909. The highest BCUT2D eigenvalue weighted by Gasteiger charge is 2.11. The van der Waals surface area contributed by atoms with Gasteiger partial charge in [-0.2, -0.15) is 0 Å². The van der Waals surface area contributed by atoms with Gasteiger partial charge in [-0.3, -0.25) is 4.79 Å². The highest BCUT2D eigenvalue weighted by Crippen LogP contribution is 2.30. The molecular formula is C22H19N3O3. The van der Waals surface area contributed by atoms with Gasteiger partial charge in [-0.1, -0.05) is 6.07 Å². The first kappa shape index (κ1) is 17.6. The van der Waals surface area contributed by atoms with Crippen LogP contribution in [-0.2, 0) is 4.79 Å². The van der Waals surface area contributed by atoms with Crippen molar-refractivity contribution in [2.45, 2.75) is 6.92 Å². The Balaban J connectivity index is 1.63. The zero-order valence-corrected chi connectivity index (χ0v) is 15.5. The molecule has 1 aromatic carbocycles. The van der Waals surface area contributed by atoms with Gasteiger partial charge in [-0.15, -0.1) is 0 Å². The molecule has 3 aromatic heterocycles. The Morgan fingerprint density at radius 2 is 2.14 bits per heavy atom. The van der Waals surface area contributed by atoms with E-state index in [1.165, 1.54) is 6.08 Å². The van der Waals surface area contributed by atoms with Gasteiger partial charge >= 0.3 is 0 Å². The van der Waals surface area contributed by atoms with Crippen molar-refractivity contribution in [3.8, 4) is 17.0 Å². The molecule has 3 heterocycles. The zero-order valence-electron chi connectivity index (χ0n) is 15.5. The summed E-state index contributed by atoms with van der Waals surface area (Å²) in [5.41, 5.74) is 4.27. The number of carbonyl (C=O) groups excluding carboxylic acids is 1. The Kier molecular flexibility index (Phi) is 4.68. The third-order valence-electron chi connectivity index (χ3n) is 4.37. The minimum atomic E-state index is -0.280. The second-order valence-corrected chi connectivity index (χ2v) is 6.30. The summed E-state index contributed by atoms with van der Waals surface area (Å²) in [6.45, 7) is 2.02. The molecule has 1 amide bonds. The second kappa shape index (κ2) is 7.44. The molecular weight excluding hydrogens is 354 g/mol. The molecule has 4 rings (SSSR count). The number of imidazole rings is 1. The first-order chi connectivity index (χ1) is 13.6. The number of pyridine rings is 1. The first-order valence-corrected chi connectivity index (χ1v) is 8.79. The number of aromatic nitrogens is 2. The summed E-state index contributed by atoms with van der Waals surface area (Å²) in [7, 11) is 1.57. The topological polar surface area (TPSA) is 68.8 Å². The lowest BCUT2D eigenvalue weighted by Gasteiger charge is -2.10. The van der Waals surface area contributed by atoms with Crippen LogP contribution in [0.4, 0.5) is 5.69 Å². The Bertz CT molecular complexity index is 1160. The Labute approximate surface area is 162 Å². The maximum absolute atomic E-state index is 12.3. The van der Waals surface area contributed by atoms with E-state index in [9.17, 15) is 4.79 Å². The van der Waals surface area contributed by atoms with E-state index >= 15 is 0 Å². The van der Waals surface area contributed by atoms with Crippen LogP contribution in [0.2, 0.25) is 0 Å². The van der Waals surface area contributed by atoms with Crippen molar-refractivity contribution in [2.24, 2.45) is 0 Å². The maximum atomic E-state index is 12.3. The fourth-order valence-corrected chi connectivity index (χ4v) is 2.98. The fourth-order valence-electron chi connectivity index (χ4n) is 2.98. The standard InChI is InChI=1S/C22H19N3O3/c1-15-5-3-11-25-14-19(24-22(15)25)16-7-9-20(27-2)18(13-16)23-21(26)10-8-17-6-4-12-28-17/h3-14H,1-2H3,(H,23,26)/b10-8+. The van der Waals surface area contributed by atoms with E-state index in [0.29, 0.717) is 17.2 Å². The van der Waals surface area contributed by atoms with Gasteiger partial charge in [0.05, 0.1) is 24.8 Å². The molecule has 140 valence electrons. The highest BCUT2D eigenvalue weighted by molar-refractivity contribution is 6.03. The van der Waals surface area contributed by atoms with Crippen LogP contribution in [0.15, 0.2) is 71.6 Å². The van der Waals surface area contributed by atoms with Crippen molar-refractivity contribution in [1.82, 2.24) is 9.38 Å². The molecule has 0 saturated heterocycles. The predicted octanol–water partition coefficient (Wildman–Crippen LogP) is 4.56. The highest BCUT2D eigenvalue weighted by atomic mass is 16.5. The molecule has 0 aliphatic carbocycles. The van der Waals surface area contributed by atoms with Gasteiger partial charge in [0.15, 0.2) is 0 Å².